The molecule has 2 aliphatic rings. The molecule has 224 valence electrons. The minimum absolute atomic E-state index is 0.0320. The van der Waals surface area contributed by atoms with Gasteiger partial charge in [0.2, 0.25) is 15.9 Å². The van der Waals surface area contributed by atoms with Gasteiger partial charge in [-0.3, -0.25) is 9.69 Å². The van der Waals surface area contributed by atoms with Crippen LogP contribution in [0.25, 0.3) is 12.2 Å². The molecule has 0 aliphatic carbocycles. The van der Waals surface area contributed by atoms with Crippen LogP contribution >= 0.6 is 0 Å². The van der Waals surface area contributed by atoms with E-state index < -0.39 is 15.8 Å². The van der Waals surface area contributed by atoms with Crippen LogP contribution in [0.5, 0.6) is 0 Å². The van der Waals surface area contributed by atoms with Gasteiger partial charge in [0.15, 0.2) is 10.7 Å². The molecule has 2 aromatic carbocycles. The van der Waals surface area contributed by atoms with Gasteiger partial charge in [-0.15, -0.1) is 0 Å². The maximum atomic E-state index is 14.0. The van der Waals surface area contributed by atoms with E-state index in [0.717, 1.165) is 38.0 Å². The third kappa shape index (κ3) is 7.14. The summed E-state index contributed by atoms with van der Waals surface area (Å²) in [6.07, 6.45) is 5.67. The number of nitrogens with one attached hydrogen (secondary N) is 1. The number of aromatic nitrogens is 1. The summed E-state index contributed by atoms with van der Waals surface area (Å²) in [5.74, 6) is -0.507. The Morgan fingerprint density at radius 2 is 1.69 bits per heavy atom. The summed E-state index contributed by atoms with van der Waals surface area (Å²) in [4.78, 5) is 15.2. The minimum atomic E-state index is -3.93. The van der Waals surface area contributed by atoms with Crippen LogP contribution in [-0.2, 0) is 21.4 Å². The lowest BCUT2D eigenvalue weighted by Gasteiger charge is -2.33. The summed E-state index contributed by atoms with van der Waals surface area (Å²) in [5, 5.41) is 6.94. The quantitative estimate of drug-likeness (QED) is 0.378. The molecule has 1 amide bonds. The topological polar surface area (TPSA) is 95.8 Å². The van der Waals surface area contributed by atoms with Crippen molar-refractivity contribution in [1.82, 2.24) is 19.7 Å². The number of amides is 1. The molecule has 2 aliphatic heterocycles. The fourth-order valence-corrected chi connectivity index (χ4v) is 7.37. The van der Waals surface area contributed by atoms with E-state index in [0.29, 0.717) is 30.9 Å². The van der Waals surface area contributed by atoms with Crippen molar-refractivity contribution in [2.24, 2.45) is 11.8 Å². The van der Waals surface area contributed by atoms with E-state index in [1.807, 2.05) is 12.1 Å². The van der Waals surface area contributed by atoms with Crippen molar-refractivity contribution in [2.75, 3.05) is 32.7 Å². The zero-order valence-electron chi connectivity index (χ0n) is 23.6. The van der Waals surface area contributed by atoms with E-state index in [4.69, 9.17) is 4.52 Å². The first kappa shape index (κ1) is 30.1. The number of hydrogen-bond donors (Lipinski definition) is 1. The zero-order valence-corrected chi connectivity index (χ0v) is 24.5. The molecular formula is C31H36F2N4O4S. The van der Waals surface area contributed by atoms with Gasteiger partial charge < -0.3 is 9.84 Å². The first-order valence-corrected chi connectivity index (χ1v) is 15.8. The molecule has 2 saturated heterocycles. The van der Waals surface area contributed by atoms with E-state index in [1.54, 1.807) is 25.1 Å². The molecule has 0 radical (unpaired) electrons. The van der Waals surface area contributed by atoms with Crippen molar-refractivity contribution in [3.05, 3.63) is 82.7 Å². The summed E-state index contributed by atoms with van der Waals surface area (Å²) in [7, 11) is -3.93. The third-order valence-electron chi connectivity index (χ3n) is 8.17. The predicted octanol–water partition coefficient (Wildman–Crippen LogP) is 4.86. The van der Waals surface area contributed by atoms with Crippen LogP contribution in [0.1, 0.15) is 48.3 Å². The number of hydrogen-bond acceptors (Lipinski definition) is 6. The highest BCUT2D eigenvalue weighted by Gasteiger charge is 2.36. The number of benzene rings is 2. The van der Waals surface area contributed by atoms with Gasteiger partial charge in [-0.05, 0) is 87.5 Å². The van der Waals surface area contributed by atoms with Gasteiger partial charge in [0, 0.05) is 37.7 Å². The number of likely N-dealkylation sites (tertiary alicyclic amines) is 1. The van der Waals surface area contributed by atoms with Gasteiger partial charge in [0.25, 0.3) is 0 Å². The van der Waals surface area contributed by atoms with Crippen molar-refractivity contribution in [3.8, 4) is 0 Å². The molecule has 1 N–H and O–H groups in total. The summed E-state index contributed by atoms with van der Waals surface area (Å²) >= 11 is 0. The third-order valence-corrected chi connectivity index (χ3v) is 10.2. The fraction of sp³-hybridized carbons (Fsp3) is 0.419. The van der Waals surface area contributed by atoms with Crippen molar-refractivity contribution in [1.29, 1.82) is 0 Å². The van der Waals surface area contributed by atoms with Crippen LogP contribution in [0.2, 0.25) is 0 Å². The SMILES string of the molecule is Cc1noc(C=Cc2ccccc2F)c1S(=O)(=O)N1CCC(C(=O)NCC2CCN(Cc3ccc(F)cc3)CC2)CC1. The molecule has 1 aromatic heterocycles. The number of aryl methyl sites for hydroxylation is 1. The lowest BCUT2D eigenvalue weighted by molar-refractivity contribution is -0.126. The number of rotatable bonds is 9. The van der Waals surface area contributed by atoms with E-state index in [1.165, 1.54) is 34.7 Å². The molecule has 5 rings (SSSR count). The maximum absolute atomic E-state index is 14.0. The molecule has 2 fully saturated rings. The number of piperidine rings is 2. The Bertz CT molecular complexity index is 1510. The lowest BCUT2D eigenvalue weighted by atomic mass is 9.94. The van der Waals surface area contributed by atoms with Gasteiger partial charge in [0.05, 0.1) is 0 Å². The monoisotopic (exact) mass is 598 g/mol. The van der Waals surface area contributed by atoms with E-state index in [9.17, 15) is 22.0 Å². The molecular weight excluding hydrogens is 562 g/mol. The Morgan fingerprint density at radius 1 is 1.00 bits per heavy atom. The number of nitrogens with zero attached hydrogens (tertiary/aromatic N) is 3. The van der Waals surface area contributed by atoms with Gasteiger partial charge in [0.1, 0.15) is 17.3 Å². The highest BCUT2D eigenvalue weighted by atomic mass is 32.2. The van der Waals surface area contributed by atoms with Gasteiger partial charge in [-0.1, -0.05) is 35.5 Å². The predicted molar refractivity (Wildman–Crippen MR) is 155 cm³/mol. The smallest absolute Gasteiger partial charge is 0.248 e. The maximum Gasteiger partial charge on any atom is 0.248 e. The highest BCUT2D eigenvalue weighted by molar-refractivity contribution is 7.89. The fourth-order valence-electron chi connectivity index (χ4n) is 5.65. The molecule has 0 unspecified atom stereocenters. The summed E-state index contributed by atoms with van der Waals surface area (Å²) < 4.78 is 60.9. The first-order chi connectivity index (χ1) is 20.2. The molecule has 0 spiro atoms. The lowest BCUT2D eigenvalue weighted by Crippen LogP contribution is -2.44. The van der Waals surface area contributed by atoms with Crippen LogP contribution in [-0.4, -0.2) is 61.4 Å². The second-order valence-electron chi connectivity index (χ2n) is 11.1. The van der Waals surface area contributed by atoms with Crippen molar-refractivity contribution < 1.29 is 26.5 Å². The van der Waals surface area contributed by atoms with Crippen molar-refractivity contribution in [3.63, 3.8) is 0 Å². The molecule has 0 saturated carbocycles. The summed E-state index contributed by atoms with van der Waals surface area (Å²) in [6.45, 7) is 5.23. The van der Waals surface area contributed by atoms with Crippen LogP contribution in [0, 0.1) is 30.4 Å². The highest BCUT2D eigenvalue weighted by Crippen LogP contribution is 2.29. The Labute approximate surface area is 245 Å². The zero-order chi connectivity index (χ0) is 29.7. The molecule has 42 heavy (non-hydrogen) atoms. The van der Waals surface area contributed by atoms with Crippen LogP contribution in [0.15, 0.2) is 57.9 Å². The van der Waals surface area contributed by atoms with E-state index >= 15 is 0 Å². The van der Waals surface area contributed by atoms with Crippen molar-refractivity contribution >= 4 is 28.1 Å². The van der Waals surface area contributed by atoms with Crippen LogP contribution in [0.3, 0.4) is 0 Å². The van der Waals surface area contributed by atoms with Crippen LogP contribution < -0.4 is 5.32 Å². The molecule has 3 aromatic rings. The Morgan fingerprint density at radius 3 is 2.38 bits per heavy atom. The first-order valence-electron chi connectivity index (χ1n) is 14.3. The standard InChI is InChI=1S/C31H36F2N4O4S/c1-22-30(29(41-35-22)11-8-25-4-2-3-5-28(25)33)42(39,40)37-18-14-26(15-19-37)31(38)34-20-23-12-16-36(17-13-23)21-24-6-9-27(32)10-7-24/h2-11,23,26H,12-21H2,1H3,(H,34,38). The van der Waals surface area contributed by atoms with E-state index in [-0.39, 0.29) is 47.1 Å². The second-order valence-corrected chi connectivity index (χ2v) is 13.0. The average Bonchev–Trinajstić information content (AvgIpc) is 3.38. The van der Waals surface area contributed by atoms with Crippen molar-refractivity contribution in [2.45, 2.75) is 44.0 Å². The Balaban J connectivity index is 1.10. The molecule has 8 nitrogen and oxygen atoms in total. The molecule has 11 heteroatoms. The van der Waals surface area contributed by atoms with Gasteiger partial charge in [-0.2, -0.15) is 4.31 Å². The van der Waals surface area contributed by atoms with Gasteiger partial charge >= 0.3 is 0 Å². The molecule has 0 bridgehead atoms. The summed E-state index contributed by atoms with van der Waals surface area (Å²) in [6, 6.07) is 12.8. The average molecular weight is 599 g/mol. The number of halogens is 2. The van der Waals surface area contributed by atoms with Gasteiger partial charge in [-0.25, -0.2) is 17.2 Å². The Hall–Kier alpha value is -3.41. The minimum Gasteiger partial charge on any atom is -0.356 e. The molecule has 3 heterocycles. The summed E-state index contributed by atoms with van der Waals surface area (Å²) in [5.41, 5.74) is 1.62. The second kappa shape index (κ2) is 13.3. The molecule has 0 atom stereocenters. The number of carbonyl (C=O) groups excluding carboxylic acids is 1. The Kier molecular flexibility index (Phi) is 9.50. The van der Waals surface area contributed by atoms with E-state index in [2.05, 4.69) is 15.4 Å². The number of carbonyl (C=O) groups is 1. The number of sulfonamides is 1. The largest absolute Gasteiger partial charge is 0.356 e. The normalized spacial score (nSPS) is 18.1. The van der Waals surface area contributed by atoms with Crippen LogP contribution in [0.4, 0.5) is 8.78 Å².